The average molecular weight is 188 g/mol. The van der Waals surface area contributed by atoms with Crippen LogP contribution in [-0.2, 0) is 0 Å². The second kappa shape index (κ2) is 3.68. The van der Waals surface area contributed by atoms with Crippen LogP contribution in [0.1, 0.15) is 5.56 Å². The number of fused-ring (bicyclic) bond motifs is 1. The molecule has 2 heteroatoms. The Hall–Kier alpha value is -1.54. The van der Waals surface area contributed by atoms with E-state index in [9.17, 15) is 0 Å². The van der Waals surface area contributed by atoms with Gasteiger partial charge < -0.3 is 9.84 Å². The van der Waals surface area contributed by atoms with Gasteiger partial charge in [-0.1, -0.05) is 29.8 Å². The van der Waals surface area contributed by atoms with Gasteiger partial charge in [-0.3, -0.25) is 0 Å². The number of rotatable bonds is 2. The Bertz CT molecular complexity index is 449. The molecule has 0 heterocycles. The van der Waals surface area contributed by atoms with E-state index in [1.165, 1.54) is 5.56 Å². The van der Waals surface area contributed by atoms with E-state index in [4.69, 9.17) is 9.84 Å². The average Bonchev–Trinajstić information content (AvgIpc) is 2.19. The second-order valence-corrected chi connectivity index (χ2v) is 3.25. The molecule has 0 spiro atoms. The molecule has 0 atom stereocenters. The van der Waals surface area contributed by atoms with Crippen LogP contribution in [0, 0.1) is 6.92 Å². The Morgan fingerprint density at radius 1 is 1.21 bits per heavy atom. The molecule has 0 radical (unpaired) electrons. The summed E-state index contributed by atoms with van der Waals surface area (Å²) >= 11 is 0. The van der Waals surface area contributed by atoms with Gasteiger partial charge in [-0.15, -0.1) is 0 Å². The van der Waals surface area contributed by atoms with E-state index < -0.39 is 0 Å². The van der Waals surface area contributed by atoms with Crippen LogP contribution in [0.25, 0.3) is 10.8 Å². The lowest BCUT2D eigenvalue weighted by molar-refractivity contribution is 0.1000. The Balaban J connectivity index is 2.64. The van der Waals surface area contributed by atoms with Crippen molar-refractivity contribution in [2.24, 2.45) is 0 Å². The highest BCUT2D eigenvalue weighted by Crippen LogP contribution is 2.26. The monoisotopic (exact) mass is 188 g/mol. The number of benzene rings is 2. The van der Waals surface area contributed by atoms with E-state index in [0.717, 1.165) is 16.5 Å². The predicted molar refractivity (Wildman–Crippen MR) is 56.4 cm³/mol. The first-order valence-corrected chi connectivity index (χ1v) is 4.54. The van der Waals surface area contributed by atoms with Crippen molar-refractivity contribution in [3.8, 4) is 5.75 Å². The van der Waals surface area contributed by atoms with Gasteiger partial charge in [0.05, 0.1) is 0 Å². The van der Waals surface area contributed by atoms with Crippen LogP contribution in [-0.4, -0.2) is 11.9 Å². The summed E-state index contributed by atoms with van der Waals surface area (Å²) < 4.78 is 5.13. The zero-order chi connectivity index (χ0) is 9.97. The molecule has 0 unspecified atom stereocenters. The van der Waals surface area contributed by atoms with Crippen molar-refractivity contribution in [3.05, 3.63) is 42.0 Å². The number of aryl methyl sites for hydroxylation is 1. The molecule has 0 aliphatic heterocycles. The van der Waals surface area contributed by atoms with Crippen LogP contribution in [0.2, 0.25) is 0 Å². The molecule has 0 bridgehead atoms. The van der Waals surface area contributed by atoms with Gasteiger partial charge in [0.15, 0.2) is 6.79 Å². The summed E-state index contributed by atoms with van der Waals surface area (Å²) in [4.78, 5) is 0. The van der Waals surface area contributed by atoms with E-state index in [1.807, 2.05) is 25.1 Å². The van der Waals surface area contributed by atoms with E-state index in [0.29, 0.717) is 0 Å². The summed E-state index contributed by atoms with van der Waals surface area (Å²) in [5, 5.41) is 10.9. The highest BCUT2D eigenvalue weighted by atomic mass is 16.6. The summed E-state index contributed by atoms with van der Waals surface area (Å²) in [6, 6.07) is 12.0. The van der Waals surface area contributed by atoms with E-state index in [2.05, 4.69) is 18.2 Å². The van der Waals surface area contributed by atoms with Crippen LogP contribution in [0.4, 0.5) is 0 Å². The van der Waals surface area contributed by atoms with Gasteiger partial charge in [0.2, 0.25) is 0 Å². The first-order valence-electron chi connectivity index (χ1n) is 4.54. The minimum absolute atomic E-state index is 0.285. The lowest BCUT2D eigenvalue weighted by Crippen LogP contribution is -1.95. The van der Waals surface area contributed by atoms with Crippen LogP contribution < -0.4 is 4.74 Å². The fraction of sp³-hybridized carbons (Fsp3) is 0.167. The Kier molecular flexibility index (Phi) is 2.37. The van der Waals surface area contributed by atoms with Crippen molar-refractivity contribution in [2.75, 3.05) is 6.79 Å². The van der Waals surface area contributed by atoms with Crippen LogP contribution in [0.15, 0.2) is 36.4 Å². The van der Waals surface area contributed by atoms with Gasteiger partial charge in [-0.25, -0.2) is 0 Å². The molecule has 0 aliphatic carbocycles. The molecule has 1 N–H and O–H groups in total. The minimum Gasteiger partial charge on any atom is -0.467 e. The van der Waals surface area contributed by atoms with E-state index in [-0.39, 0.29) is 6.79 Å². The number of hydrogen-bond donors (Lipinski definition) is 1. The van der Waals surface area contributed by atoms with Crippen LogP contribution in [0.3, 0.4) is 0 Å². The van der Waals surface area contributed by atoms with E-state index in [1.54, 1.807) is 0 Å². The normalized spacial score (nSPS) is 10.4. The maximum Gasteiger partial charge on any atom is 0.186 e. The number of aliphatic hydroxyl groups is 1. The third-order valence-corrected chi connectivity index (χ3v) is 2.22. The molecular weight excluding hydrogens is 176 g/mol. The van der Waals surface area contributed by atoms with Crippen molar-refractivity contribution in [3.63, 3.8) is 0 Å². The van der Waals surface area contributed by atoms with Gasteiger partial charge in [0.1, 0.15) is 5.75 Å². The molecule has 14 heavy (non-hydrogen) atoms. The van der Waals surface area contributed by atoms with Crippen LogP contribution >= 0.6 is 0 Å². The topological polar surface area (TPSA) is 29.5 Å². The quantitative estimate of drug-likeness (QED) is 0.733. The lowest BCUT2D eigenvalue weighted by atomic mass is 10.1. The molecule has 0 amide bonds. The highest BCUT2D eigenvalue weighted by Gasteiger charge is 2.00. The lowest BCUT2D eigenvalue weighted by Gasteiger charge is -2.06. The fourth-order valence-corrected chi connectivity index (χ4v) is 1.55. The summed E-state index contributed by atoms with van der Waals surface area (Å²) in [6.07, 6.45) is 0. The summed E-state index contributed by atoms with van der Waals surface area (Å²) in [5.41, 5.74) is 1.19. The smallest absolute Gasteiger partial charge is 0.186 e. The molecule has 72 valence electrons. The van der Waals surface area contributed by atoms with Crippen molar-refractivity contribution >= 4 is 10.8 Å². The summed E-state index contributed by atoms with van der Waals surface area (Å²) in [6.45, 7) is 1.75. The minimum atomic E-state index is -0.285. The standard InChI is InChI=1S/C12H12O2/c1-9-5-6-10-3-2-4-12(14-8-13)11(10)7-9/h2-7,13H,8H2,1H3. The number of ether oxygens (including phenoxy) is 1. The molecule has 0 aromatic heterocycles. The third-order valence-electron chi connectivity index (χ3n) is 2.22. The summed E-state index contributed by atoms with van der Waals surface area (Å²) in [7, 11) is 0. The van der Waals surface area contributed by atoms with Gasteiger partial charge in [0.25, 0.3) is 0 Å². The highest BCUT2D eigenvalue weighted by molar-refractivity contribution is 5.88. The predicted octanol–water partition coefficient (Wildman–Crippen LogP) is 2.48. The molecule has 2 aromatic rings. The maximum absolute atomic E-state index is 8.73. The first-order chi connectivity index (χ1) is 6.81. The molecule has 0 saturated carbocycles. The largest absolute Gasteiger partial charge is 0.467 e. The zero-order valence-electron chi connectivity index (χ0n) is 8.03. The fourth-order valence-electron chi connectivity index (χ4n) is 1.55. The van der Waals surface area contributed by atoms with Gasteiger partial charge in [0, 0.05) is 5.39 Å². The molecule has 0 fully saturated rings. The van der Waals surface area contributed by atoms with Crippen LogP contribution in [0.5, 0.6) is 5.75 Å². The number of hydrogen-bond acceptors (Lipinski definition) is 2. The van der Waals surface area contributed by atoms with Gasteiger partial charge in [-0.05, 0) is 24.4 Å². The van der Waals surface area contributed by atoms with Crippen molar-refractivity contribution < 1.29 is 9.84 Å². The third kappa shape index (κ3) is 1.56. The SMILES string of the molecule is Cc1ccc2cccc(OCO)c2c1. The summed E-state index contributed by atoms with van der Waals surface area (Å²) in [5.74, 6) is 0.730. The van der Waals surface area contributed by atoms with Crippen molar-refractivity contribution in [2.45, 2.75) is 6.92 Å². The zero-order valence-corrected chi connectivity index (χ0v) is 8.03. The van der Waals surface area contributed by atoms with Crippen molar-refractivity contribution in [1.82, 2.24) is 0 Å². The molecule has 2 rings (SSSR count). The Morgan fingerprint density at radius 2 is 2.07 bits per heavy atom. The van der Waals surface area contributed by atoms with Crippen molar-refractivity contribution in [1.29, 1.82) is 0 Å². The molecule has 2 aromatic carbocycles. The second-order valence-electron chi connectivity index (χ2n) is 3.25. The first kappa shape index (κ1) is 9.03. The Labute approximate surface area is 82.8 Å². The molecule has 0 aliphatic rings. The number of aliphatic hydroxyl groups excluding tert-OH is 1. The molecular formula is C12H12O2. The van der Waals surface area contributed by atoms with E-state index >= 15 is 0 Å². The van der Waals surface area contributed by atoms with Gasteiger partial charge >= 0.3 is 0 Å². The molecule has 0 saturated heterocycles. The Morgan fingerprint density at radius 3 is 2.86 bits per heavy atom. The van der Waals surface area contributed by atoms with Gasteiger partial charge in [-0.2, -0.15) is 0 Å². The molecule has 2 nitrogen and oxygen atoms in total. The maximum atomic E-state index is 8.73.